The zero-order chi connectivity index (χ0) is 15.1. The normalized spacial score (nSPS) is 28.5. The fraction of sp³-hybridized carbons (Fsp3) is 0.600. The van der Waals surface area contributed by atoms with Gasteiger partial charge in [-0.15, -0.1) is 0 Å². The molecule has 4 nitrogen and oxygen atoms in total. The fourth-order valence-electron chi connectivity index (χ4n) is 3.00. The molecule has 112 valence electrons. The lowest BCUT2D eigenvalue weighted by Gasteiger charge is -2.40. The Morgan fingerprint density at radius 1 is 1.25 bits per heavy atom. The molecule has 2 N–H and O–H groups in total. The molecule has 0 radical (unpaired) electrons. The van der Waals surface area contributed by atoms with E-state index in [1.165, 1.54) is 0 Å². The highest BCUT2D eigenvalue weighted by Gasteiger charge is 2.37. The summed E-state index contributed by atoms with van der Waals surface area (Å²) in [6.45, 7) is 8.62. The first-order chi connectivity index (χ1) is 9.23. The SMILES string of the molecule is Cc1ccc(N)cc1S(=O)(=O)N1CC(C)CC(C)C1C. The van der Waals surface area contributed by atoms with Gasteiger partial charge < -0.3 is 5.73 Å². The Kier molecular flexibility index (Phi) is 4.12. The molecule has 0 saturated carbocycles. The van der Waals surface area contributed by atoms with Gasteiger partial charge in [-0.2, -0.15) is 4.31 Å². The van der Waals surface area contributed by atoms with Crippen LogP contribution in [0.4, 0.5) is 5.69 Å². The maximum absolute atomic E-state index is 12.9. The first kappa shape index (κ1) is 15.3. The molecule has 0 amide bonds. The average Bonchev–Trinajstić information content (AvgIpc) is 2.36. The standard InChI is InChI=1S/C15H24N2O2S/c1-10-7-12(3)13(4)17(9-10)20(18,19)15-8-14(16)6-5-11(15)2/h5-6,8,10,12-13H,7,9,16H2,1-4H3. The molecule has 0 spiro atoms. The van der Waals surface area contributed by atoms with E-state index in [-0.39, 0.29) is 6.04 Å². The van der Waals surface area contributed by atoms with Gasteiger partial charge >= 0.3 is 0 Å². The first-order valence-electron chi connectivity index (χ1n) is 7.11. The predicted octanol–water partition coefficient (Wildman–Crippen LogP) is 2.63. The number of rotatable bonds is 2. The molecular formula is C15H24N2O2S. The molecule has 2 rings (SSSR count). The fourth-order valence-corrected chi connectivity index (χ4v) is 5.11. The zero-order valence-electron chi connectivity index (χ0n) is 12.6. The van der Waals surface area contributed by atoms with Gasteiger partial charge in [0.2, 0.25) is 10.0 Å². The molecule has 0 aromatic heterocycles. The molecule has 1 aromatic rings. The molecule has 3 unspecified atom stereocenters. The van der Waals surface area contributed by atoms with Crippen molar-refractivity contribution in [2.75, 3.05) is 12.3 Å². The number of nitrogen functional groups attached to an aromatic ring is 1. The lowest BCUT2D eigenvalue weighted by atomic mass is 9.88. The quantitative estimate of drug-likeness (QED) is 0.853. The lowest BCUT2D eigenvalue weighted by Crippen LogP contribution is -2.48. The van der Waals surface area contributed by atoms with E-state index < -0.39 is 10.0 Å². The van der Waals surface area contributed by atoms with Crippen molar-refractivity contribution in [3.05, 3.63) is 23.8 Å². The number of piperidine rings is 1. The predicted molar refractivity (Wildman–Crippen MR) is 81.9 cm³/mol. The molecule has 1 heterocycles. The van der Waals surface area contributed by atoms with Crippen molar-refractivity contribution in [2.24, 2.45) is 11.8 Å². The van der Waals surface area contributed by atoms with Gasteiger partial charge in [0.15, 0.2) is 0 Å². The highest BCUT2D eigenvalue weighted by molar-refractivity contribution is 7.89. The van der Waals surface area contributed by atoms with E-state index in [9.17, 15) is 8.42 Å². The van der Waals surface area contributed by atoms with E-state index in [1.807, 2.05) is 13.8 Å². The Hall–Kier alpha value is -1.07. The number of aryl methyl sites for hydroxylation is 1. The van der Waals surface area contributed by atoms with Gasteiger partial charge in [-0.05, 0) is 49.8 Å². The summed E-state index contributed by atoms with van der Waals surface area (Å²) in [4.78, 5) is 0.339. The molecule has 1 aromatic carbocycles. The van der Waals surface area contributed by atoms with Gasteiger partial charge in [0, 0.05) is 18.3 Å². The number of benzene rings is 1. The summed E-state index contributed by atoms with van der Waals surface area (Å²) >= 11 is 0. The van der Waals surface area contributed by atoms with E-state index >= 15 is 0 Å². The molecule has 0 bridgehead atoms. The van der Waals surface area contributed by atoms with Crippen LogP contribution in [0, 0.1) is 18.8 Å². The molecule has 1 aliphatic heterocycles. The summed E-state index contributed by atoms with van der Waals surface area (Å²) in [6, 6.07) is 5.10. The molecule has 5 heteroatoms. The Balaban J connectivity index is 2.46. The second-order valence-electron chi connectivity index (χ2n) is 6.16. The number of sulfonamides is 1. The second kappa shape index (κ2) is 5.37. The van der Waals surface area contributed by atoms with Crippen LogP contribution in [0.25, 0.3) is 0 Å². The minimum Gasteiger partial charge on any atom is -0.399 e. The largest absolute Gasteiger partial charge is 0.399 e. The number of hydrogen-bond donors (Lipinski definition) is 1. The van der Waals surface area contributed by atoms with Crippen LogP contribution in [0.3, 0.4) is 0 Å². The van der Waals surface area contributed by atoms with Crippen LogP contribution in [0.15, 0.2) is 23.1 Å². The minimum atomic E-state index is -3.48. The van der Waals surface area contributed by atoms with Gasteiger partial charge in [0.25, 0.3) is 0 Å². The van der Waals surface area contributed by atoms with Crippen LogP contribution in [0.1, 0.15) is 32.8 Å². The van der Waals surface area contributed by atoms with E-state index in [0.29, 0.717) is 29.0 Å². The third-order valence-electron chi connectivity index (χ3n) is 4.34. The summed E-state index contributed by atoms with van der Waals surface area (Å²) in [6.07, 6.45) is 1.07. The van der Waals surface area contributed by atoms with E-state index in [4.69, 9.17) is 5.73 Å². The zero-order valence-corrected chi connectivity index (χ0v) is 13.4. The number of nitrogens with two attached hydrogens (primary N) is 1. The van der Waals surface area contributed by atoms with E-state index in [0.717, 1.165) is 12.0 Å². The maximum Gasteiger partial charge on any atom is 0.243 e. The number of nitrogens with zero attached hydrogens (tertiary/aromatic N) is 1. The number of anilines is 1. The maximum atomic E-state index is 12.9. The van der Waals surface area contributed by atoms with Crippen LogP contribution in [0.5, 0.6) is 0 Å². The Labute approximate surface area is 122 Å². The topological polar surface area (TPSA) is 63.4 Å². The third kappa shape index (κ3) is 2.69. The lowest BCUT2D eigenvalue weighted by molar-refractivity contribution is 0.157. The van der Waals surface area contributed by atoms with Crippen LogP contribution in [-0.2, 0) is 10.0 Å². The van der Waals surface area contributed by atoms with Crippen LogP contribution < -0.4 is 5.73 Å². The van der Waals surface area contributed by atoms with Gasteiger partial charge in [0.1, 0.15) is 0 Å². The Bertz CT molecular complexity index is 598. The van der Waals surface area contributed by atoms with E-state index in [2.05, 4.69) is 13.8 Å². The van der Waals surface area contributed by atoms with Gasteiger partial charge in [-0.25, -0.2) is 8.42 Å². The van der Waals surface area contributed by atoms with Crippen molar-refractivity contribution >= 4 is 15.7 Å². The van der Waals surface area contributed by atoms with Crippen molar-refractivity contribution in [3.63, 3.8) is 0 Å². The van der Waals surface area contributed by atoms with Crippen molar-refractivity contribution in [1.29, 1.82) is 0 Å². The van der Waals surface area contributed by atoms with Crippen molar-refractivity contribution in [3.8, 4) is 0 Å². The molecule has 1 aliphatic rings. The first-order valence-corrected chi connectivity index (χ1v) is 8.55. The second-order valence-corrected chi connectivity index (χ2v) is 8.02. The van der Waals surface area contributed by atoms with Crippen LogP contribution in [-0.4, -0.2) is 25.3 Å². The van der Waals surface area contributed by atoms with Gasteiger partial charge in [-0.3, -0.25) is 0 Å². The summed E-state index contributed by atoms with van der Waals surface area (Å²) in [5.41, 5.74) is 6.99. The van der Waals surface area contributed by atoms with Crippen molar-refractivity contribution in [1.82, 2.24) is 4.31 Å². The molecule has 0 aliphatic carbocycles. The number of hydrogen-bond acceptors (Lipinski definition) is 3. The van der Waals surface area contributed by atoms with Crippen molar-refractivity contribution < 1.29 is 8.42 Å². The monoisotopic (exact) mass is 296 g/mol. The molecule has 20 heavy (non-hydrogen) atoms. The Morgan fingerprint density at radius 2 is 1.90 bits per heavy atom. The Morgan fingerprint density at radius 3 is 2.55 bits per heavy atom. The third-order valence-corrected chi connectivity index (χ3v) is 6.44. The van der Waals surface area contributed by atoms with Crippen molar-refractivity contribution in [2.45, 2.75) is 45.1 Å². The van der Waals surface area contributed by atoms with Crippen LogP contribution >= 0.6 is 0 Å². The summed E-state index contributed by atoms with van der Waals surface area (Å²) in [5.74, 6) is 0.757. The molecule has 1 saturated heterocycles. The highest BCUT2D eigenvalue weighted by Crippen LogP contribution is 2.33. The molecule has 3 atom stereocenters. The van der Waals surface area contributed by atoms with Gasteiger partial charge in [0.05, 0.1) is 4.90 Å². The van der Waals surface area contributed by atoms with Crippen LogP contribution in [0.2, 0.25) is 0 Å². The van der Waals surface area contributed by atoms with E-state index in [1.54, 1.807) is 22.5 Å². The summed E-state index contributed by atoms with van der Waals surface area (Å²) in [7, 11) is -3.48. The average molecular weight is 296 g/mol. The minimum absolute atomic E-state index is 0.0250. The molecule has 1 fully saturated rings. The molecular weight excluding hydrogens is 272 g/mol. The van der Waals surface area contributed by atoms with Gasteiger partial charge in [-0.1, -0.05) is 19.9 Å². The summed E-state index contributed by atoms with van der Waals surface area (Å²) < 4.78 is 27.5. The summed E-state index contributed by atoms with van der Waals surface area (Å²) in [5, 5.41) is 0. The highest BCUT2D eigenvalue weighted by atomic mass is 32.2. The smallest absolute Gasteiger partial charge is 0.243 e.